The summed E-state index contributed by atoms with van der Waals surface area (Å²) in [5, 5.41) is 19.8. The molecule has 0 spiro atoms. The lowest BCUT2D eigenvalue weighted by molar-refractivity contribution is 0.0963. The molecule has 0 fully saturated rings. The molecule has 0 aliphatic carbocycles. The van der Waals surface area contributed by atoms with Gasteiger partial charge in [-0.15, -0.1) is 0 Å². The lowest BCUT2D eigenvalue weighted by Crippen LogP contribution is -2.02. The van der Waals surface area contributed by atoms with E-state index in [0.717, 1.165) is 12.8 Å². The van der Waals surface area contributed by atoms with E-state index in [-0.39, 0.29) is 34.2 Å². The molecular formula is C24H30O6. The molecule has 0 atom stereocenters. The largest absolute Gasteiger partial charge is 0.507 e. The highest BCUT2D eigenvalue weighted by molar-refractivity contribution is 5.99. The second-order valence-corrected chi connectivity index (χ2v) is 6.98. The van der Waals surface area contributed by atoms with Crippen molar-refractivity contribution in [2.24, 2.45) is 0 Å². The molecule has 2 N–H and O–H groups in total. The number of benzene rings is 2. The first-order valence-corrected chi connectivity index (χ1v) is 10.4. The quantitative estimate of drug-likeness (QED) is 0.341. The molecule has 6 nitrogen and oxygen atoms in total. The Labute approximate surface area is 177 Å². The van der Waals surface area contributed by atoms with Crippen molar-refractivity contribution < 1.29 is 29.3 Å². The van der Waals surface area contributed by atoms with Gasteiger partial charge in [-0.2, -0.15) is 0 Å². The van der Waals surface area contributed by atoms with E-state index >= 15 is 0 Å². The average molecular weight is 414 g/mol. The van der Waals surface area contributed by atoms with Crippen LogP contribution in [0.1, 0.15) is 73.1 Å². The Kier molecular flexibility index (Phi) is 9.19. The standard InChI is InChI=1S/C24H30O6/c1-3-29-17-11-13-23(27)19(15-17)21(25)9-7-5-6-8-10-22(26)20-16-18(30-4-2)12-14-24(20)28/h11-16,27-28H,3-10H2,1-2H3. The number of aromatic hydroxyl groups is 2. The number of unbranched alkanes of at least 4 members (excludes halogenated alkanes) is 3. The predicted octanol–water partition coefficient (Wildman–Crippen LogP) is 5.30. The molecule has 0 aliphatic rings. The Hall–Kier alpha value is -3.02. The van der Waals surface area contributed by atoms with Gasteiger partial charge in [0.1, 0.15) is 23.0 Å². The van der Waals surface area contributed by atoms with Crippen molar-refractivity contribution in [3.8, 4) is 23.0 Å². The summed E-state index contributed by atoms with van der Waals surface area (Å²) in [7, 11) is 0. The van der Waals surface area contributed by atoms with E-state index in [0.29, 0.717) is 50.4 Å². The number of ketones is 2. The number of carbonyl (C=O) groups is 2. The van der Waals surface area contributed by atoms with Crippen LogP contribution in [0.3, 0.4) is 0 Å². The minimum atomic E-state index is -0.122. The third-order valence-corrected chi connectivity index (χ3v) is 4.72. The molecule has 0 unspecified atom stereocenters. The third kappa shape index (κ3) is 6.79. The van der Waals surface area contributed by atoms with Crippen molar-refractivity contribution >= 4 is 11.6 Å². The minimum Gasteiger partial charge on any atom is -0.507 e. The summed E-state index contributed by atoms with van der Waals surface area (Å²) in [5.41, 5.74) is 0.557. The average Bonchev–Trinajstić information content (AvgIpc) is 2.73. The van der Waals surface area contributed by atoms with Crippen LogP contribution in [-0.2, 0) is 0 Å². The fraction of sp³-hybridized carbons (Fsp3) is 0.417. The molecule has 2 rings (SSSR count). The molecule has 0 bridgehead atoms. The zero-order valence-corrected chi connectivity index (χ0v) is 17.6. The SMILES string of the molecule is CCOc1ccc(O)c(C(=O)CCCCCCC(=O)c2cc(OCC)ccc2O)c1. The normalized spacial score (nSPS) is 10.6. The van der Waals surface area contributed by atoms with Gasteiger partial charge in [0.15, 0.2) is 11.6 Å². The lowest BCUT2D eigenvalue weighted by Gasteiger charge is -2.08. The van der Waals surface area contributed by atoms with Gasteiger partial charge in [0, 0.05) is 12.8 Å². The number of Topliss-reactive ketones (excluding diaryl/α,β-unsaturated/α-hetero) is 2. The molecule has 2 aromatic rings. The topological polar surface area (TPSA) is 93.1 Å². The van der Waals surface area contributed by atoms with E-state index in [2.05, 4.69) is 0 Å². The smallest absolute Gasteiger partial charge is 0.166 e. The van der Waals surface area contributed by atoms with Gasteiger partial charge < -0.3 is 19.7 Å². The van der Waals surface area contributed by atoms with Gasteiger partial charge in [-0.05, 0) is 63.1 Å². The monoisotopic (exact) mass is 414 g/mol. The highest BCUT2D eigenvalue weighted by Crippen LogP contribution is 2.26. The Balaban J connectivity index is 1.74. The molecule has 30 heavy (non-hydrogen) atoms. The molecule has 162 valence electrons. The maximum Gasteiger partial charge on any atom is 0.166 e. The Morgan fingerprint density at radius 1 is 0.700 bits per heavy atom. The first-order chi connectivity index (χ1) is 14.5. The number of phenols is 2. The summed E-state index contributed by atoms with van der Waals surface area (Å²) < 4.78 is 10.8. The van der Waals surface area contributed by atoms with E-state index in [1.165, 1.54) is 12.1 Å². The first-order valence-electron chi connectivity index (χ1n) is 10.4. The fourth-order valence-corrected chi connectivity index (χ4v) is 3.18. The molecule has 0 aliphatic heterocycles. The van der Waals surface area contributed by atoms with Crippen LogP contribution in [0.4, 0.5) is 0 Å². The van der Waals surface area contributed by atoms with E-state index in [4.69, 9.17) is 9.47 Å². The minimum absolute atomic E-state index is 0.0388. The number of hydrogen-bond acceptors (Lipinski definition) is 6. The fourth-order valence-electron chi connectivity index (χ4n) is 3.18. The second-order valence-electron chi connectivity index (χ2n) is 6.98. The zero-order valence-electron chi connectivity index (χ0n) is 17.6. The van der Waals surface area contributed by atoms with Crippen molar-refractivity contribution in [2.75, 3.05) is 13.2 Å². The number of hydrogen-bond donors (Lipinski definition) is 2. The molecule has 0 radical (unpaired) electrons. The molecular weight excluding hydrogens is 384 g/mol. The Morgan fingerprint density at radius 2 is 1.10 bits per heavy atom. The van der Waals surface area contributed by atoms with Crippen LogP contribution in [0, 0.1) is 0 Å². The highest BCUT2D eigenvalue weighted by atomic mass is 16.5. The Bertz CT molecular complexity index is 787. The van der Waals surface area contributed by atoms with Crippen LogP contribution < -0.4 is 9.47 Å². The van der Waals surface area contributed by atoms with Crippen LogP contribution in [0.15, 0.2) is 36.4 Å². The van der Waals surface area contributed by atoms with Gasteiger partial charge in [-0.1, -0.05) is 12.8 Å². The van der Waals surface area contributed by atoms with E-state index in [1.54, 1.807) is 24.3 Å². The third-order valence-electron chi connectivity index (χ3n) is 4.72. The van der Waals surface area contributed by atoms with Gasteiger partial charge >= 0.3 is 0 Å². The maximum atomic E-state index is 12.4. The first kappa shape index (κ1) is 23.3. The molecule has 0 heterocycles. The summed E-state index contributed by atoms with van der Waals surface area (Å²) in [6.45, 7) is 4.70. The molecule has 0 amide bonds. The number of rotatable bonds is 13. The molecule has 6 heteroatoms. The predicted molar refractivity (Wildman–Crippen MR) is 115 cm³/mol. The van der Waals surface area contributed by atoms with E-state index in [1.807, 2.05) is 13.8 Å². The second kappa shape index (κ2) is 11.9. The van der Waals surface area contributed by atoms with Crippen LogP contribution in [0.25, 0.3) is 0 Å². The van der Waals surface area contributed by atoms with Crippen molar-refractivity contribution in [3.05, 3.63) is 47.5 Å². The summed E-state index contributed by atoms with van der Waals surface area (Å²) in [6, 6.07) is 9.36. The van der Waals surface area contributed by atoms with Crippen LogP contribution in [-0.4, -0.2) is 35.0 Å². The van der Waals surface area contributed by atoms with Crippen LogP contribution in [0.2, 0.25) is 0 Å². The summed E-state index contributed by atoms with van der Waals surface area (Å²) in [5.74, 6) is 0.805. The number of phenolic OH excluding ortho intramolecular Hbond substituents is 2. The van der Waals surface area contributed by atoms with Gasteiger partial charge in [-0.25, -0.2) is 0 Å². The molecule has 0 saturated heterocycles. The lowest BCUT2D eigenvalue weighted by atomic mass is 10.0. The summed E-state index contributed by atoms with van der Waals surface area (Å²) in [4.78, 5) is 24.7. The number of carbonyl (C=O) groups excluding carboxylic acids is 2. The van der Waals surface area contributed by atoms with Gasteiger partial charge in [0.05, 0.1) is 24.3 Å². The van der Waals surface area contributed by atoms with E-state index < -0.39 is 0 Å². The summed E-state index contributed by atoms with van der Waals surface area (Å²) >= 11 is 0. The van der Waals surface area contributed by atoms with Crippen molar-refractivity contribution in [1.82, 2.24) is 0 Å². The van der Waals surface area contributed by atoms with Gasteiger partial charge in [0.2, 0.25) is 0 Å². The molecule has 0 aromatic heterocycles. The molecule has 0 saturated carbocycles. The summed E-state index contributed by atoms with van der Waals surface area (Å²) in [6.07, 6.45) is 3.61. The Morgan fingerprint density at radius 3 is 1.47 bits per heavy atom. The molecule has 2 aromatic carbocycles. The maximum absolute atomic E-state index is 12.4. The van der Waals surface area contributed by atoms with E-state index in [9.17, 15) is 19.8 Å². The van der Waals surface area contributed by atoms with Crippen molar-refractivity contribution in [2.45, 2.75) is 52.4 Å². The zero-order chi connectivity index (χ0) is 21.9. The highest BCUT2D eigenvalue weighted by Gasteiger charge is 2.14. The number of ether oxygens (including phenoxy) is 2. The van der Waals surface area contributed by atoms with Crippen LogP contribution >= 0.6 is 0 Å². The van der Waals surface area contributed by atoms with Gasteiger partial charge in [-0.3, -0.25) is 9.59 Å². The van der Waals surface area contributed by atoms with Crippen LogP contribution in [0.5, 0.6) is 23.0 Å². The van der Waals surface area contributed by atoms with Crippen molar-refractivity contribution in [3.63, 3.8) is 0 Å². The van der Waals surface area contributed by atoms with Gasteiger partial charge in [0.25, 0.3) is 0 Å². The van der Waals surface area contributed by atoms with Crippen molar-refractivity contribution in [1.29, 1.82) is 0 Å².